The molecule has 0 atom stereocenters. The van der Waals surface area contributed by atoms with Crippen LogP contribution in [-0.2, 0) is 0 Å². The van der Waals surface area contributed by atoms with Gasteiger partial charge in [-0.25, -0.2) is 0 Å². The van der Waals surface area contributed by atoms with Gasteiger partial charge in [0.1, 0.15) is 0 Å². The number of hydrogen-bond acceptors (Lipinski definition) is 1. The van der Waals surface area contributed by atoms with Gasteiger partial charge in [0.25, 0.3) is 0 Å². The number of allylic oxidation sites excluding steroid dienone is 1. The molecule has 1 rings (SSSR count). The Morgan fingerprint density at radius 2 is 2.00 bits per heavy atom. The van der Waals surface area contributed by atoms with Crippen LogP contribution in [-0.4, -0.2) is 0 Å². The first kappa shape index (κ1) is 9.72. The van der Waals surface area contributed by atoms with E-state index in [0.29, 0.717) is 0 Å². The van der Waals surface area contributed by atoms with Gasteiger partial charge in [0, 0.05) is 5.56 Å². The lowest BCUT2D eigenvalue weighted by Crippen LogP contribution is -2.01. The van der Waals surface area contributed by atoms with E-state index in [1.807, 2.05) is 26.0 Å². The predicted octanol–water partition coefficient (Wildman–Crippen LogP) is 2.78. The lowest BCUT2D eigenvalue weighted by Gasteiger charge is -2.01. The molecule has 0 aliphatic heterocycles. The fourth-order valence-electron chi connectivity index (χ4n) is 1.25. The Morgan fingerprint density at radius 1 is 1.38 bits per heavy atom. The Balaban J connectivity index is 3.40. The second-order valence-electron chi connectivity index (χ2n) is 3.08. The summed E-state index contributed by atoms with van der Waals surface area (Å²) >= 11 is 0. The first-order chi connectivity index (χ1) is 6.16. The molecule has 1 nitrogen and oxygen atoms in total. The summed E-state index contributed by atoms with van der Waals surface area (Å²) in [5, 5.41) is 0. The third-order valence-corrected chi connectivity index (χ3v) is 2.20. The van der Waals surface area contributed by atoms with Gasteiger partial charge in [-0.15, -0.1) is 0 Å². The maximum absolute atomic E-state index is 11.4. The molecule has 1 aromatic rings. The predicted molar refractivity (Wildman–Crippen MR) is 56.8 cm³/mol. The summed E-state index contributed by atoms with van der Waals surface area (Å²) in [5.41, 5.74) is 2.87. The largest absolute Gasteiger partial charge is 0.290 e. The second-order valence-corrected chi connectivity index (χ2v) is 3.08. The van der Waals surface area contributed by atoms with Crippen LogP contribution in [0, 0.1) is 6.92 Å². The molecule has 0 amide bonds. The molecule has 0 spiro atoms. The standard InChI is InChI=1S/C12H14O/c1-4-9(2)11-7-5-6-8-12(13)10(11)3/h5-8H,2,4H2,1,3H3. The third-order valence-electron chi connectivity index (χ3n) is 2.20. The number of rotatable bonds is 2. The molecule has 1 aromatic carbocycles. The van der Waals surface area contributed by atoms with Gasteiger partial charge in [-0.3, -0.25) is 4.79 Å². The van der Waals surface area contributed by atoms with Gasteiger partial charge in [0.05, 0.1) is 0 Å². The summed E-state index contributed by atoms with van der Waals surface area (Å²) in [6.45, 7) is 7.82. The first-order valence-electron chi connectivity index (χ1n) is 4.45. The molecule has 0 saturated carbocycles. The molecule has 0 aromatic heterocycles. The van der Waals surface area contributed by atoms with Crippen LogP contribution >= 0.6 is 0 Å². The van der Waals surface area contributed by atoms with Crippen molar-refractivity contribution in [1.29, 1.82) is 0 Å². The normalized spacial score (nSPS) is 9.69. The van der Waals surface area contributed by atoms with Crippen molar-refractivity contribution >= 4 is 5.57 Å². The fourth-order valence-corrected chi connectivity index (χ4v) is 1.25. The summed E-state index contributed by atoms with van der Waals surface area (Å²) in [6.07, 6.45) is 0.879. The zero-order valence-electron chi connectivity index (χ0n) is 8.13. The van der Waals surface area contributed by atoms with E-state index in [9.17, 15) is 4.79 Å². The van der Waals surface area contributed by atoms with E-state index in [0.717, 1.165) is 23.1 Å². The van der Waals surface area contributed by atoms with Gasteiger partial charge in [-0.2, -0.15) is 0 Å². The molecular weight excluding hydrogens is 160 g/mol. The van der Waals surface area contributed by atoms with E-state index in [2.05, 4.69) is 6.58 Å². The maximum atomic E-state index is 11.4. The van der Waals surface area contributed by atoms with E-state index in [-0.39, 0.29) is 5.43 Å². The Labute approximate surface area is 78.7 Å². The zero-order chi connectivity index (χ0) is 9.84. The molecular formula is C12H14O. The highest BCUT2D eigenvalue weighted by Crippen LogP contribution is 2.16. The van der Waals surface area contributed by atoms with Gasteiger partial charge in [-0.05, 0) is 30.5 Å². The maximum Gasteiger partial charge on any atom is 0.182 e. The van der Waals surface area contributed by atoms with Crippen molar-refractivity contribution in [3.8, 4) is 0 Å². The molecule has 0 saturated heterocycles. The van der Waals surface area contributed by atoms with Crippen LogP contribution in [0.3, 0.4) is 0 Å². The van der Waals surface area contributed by atoms with Crippen LogP contribution in [0.1, 0.15) is 24.5 Å². The molecule has 0 aliphatic rings. The summed E-state index contributed by atoms with van der Waals surface area (Å²) in [6, 6.07) is 7.18. The summed E-state index contributed by atoms with van der Waals surface area (Å²) in [5.74, 6) is 0. The summed E-state index contributed by atoms with van der Waals surface area (Å²) < 4.78 is 0. The zero-order valence-corrected chi connectivity index (χ0v) is 8.13. The highest BCUT2D eigenvalue weighted by molar-refractivity contribution is 5.65. The van der Waals surface area contributed by atoms with Crippen LogP contribution in [0.15, 0.2) is 35.6 Å². The van der Waals surface area contributed by atoms with Crippen molar-refractivity contribution < 1.29 is 0 Å². The Hall–Kier alpha value is -1.37. The van der Waals surface area contributed by atoms with E-state index >= 15 is 0 Å². The molecule has 0 fully saturated rings. The van der Waals surface area contributed by atoms with Gasteiger partial charge < -0.3 is 0 Å². The first-order valence-corrected chi connectivity index (χ1v) is 4.45. The summed E-state index contributed by atoms with van der Waals surface area (Å²) in [7, 11) is 0. The lowest BCUT2D eigenvalue weighted by atomic mass is 10.0. The molecule has 0 N–H and O–H groups in total. The molecule has 0 heterocycles. The number of hydrogen-bond donors (Lipinski definition) is 0. The van der Waals surface area contributed by atoms with Crippen molar-refractivity contribution in [3.63, 3.8) is 0 Å². The van der Waals surface area contributed by atoms with Crippen LogP contribution in [0.5, 0.6) is 0 Å². The van der Waals surface area contributed by atoms with E-state index in [4.69, 9.17) is 0 Å². The minimum Gasteiger partial charge on any atom is -0.290 e. The highest BCUT2D eigenvalue weighted by Gasteiger charge is 2.01. The average molecular weight is 174 g/mol. The van der Waals surface area contributed by atoms with Crippen molar-refractivity contribution in [2.75, 3.05) is 0 Å². The molecule has 0 unspecified atom stereocenters. The van der Waals surface area contributed by atoms with Crippen molar-refractivity contribution in [2.24, 2.45) is 0 Å². The smallest absolute Gasteiger partial charge is 0.182 e. The van der Waals surface area contributed by atoms with Crippen LogP contribution in [0.25, 0.3) is 5.57 Å². The highest BCUT2D eigenvalue weighted by atomic mass is 16.1. The van der Waals surface area contributed by atoms with E-state index in [1.165, 1.54) is 0 Å². The fraction of sp³-hybridized carbons (Fsp3) is 0.250. The topological polar surface area (TPSA) is 17.1 Å². The lowest BCUT2D eigenvalue weighted by molar-refractivity contribution is 1.23. The van der Waals surface area contributed by atoms with Crippen LogP contribution in [0.2, 0.25) is 0 Å². The Morgan fingerprint density at radius 3 is 2.62 bits per heavy atom. The summed E-state index contributed by atoms with van der Waals surface area (Å²) in [4.78, 5) is 11.4. The van der Waals surface area contributed by atoms with Crippen LogP contribution < -0.4 is 5.43 Å². The van der Waals surface area contributed by atoms with Crippen molar-refractivity contribution in [3.05, 3.63) is 52.2 Å². The SMILES string of the molecule is C=C(CC)c1ccccc(=O)c1C. The minimum atomic E-state index is 0.0783. The molecule has 0 aliphatic carbocycles. The van der Waals surface area contributed by atoms with Crippen LogP contribution in [0.4, 0.5) is 0 Å². The molecule has 0 bridgehead atoms. The average Bonchev–Trinajstić information content (AvgIpc) is 2.29. The third kappa shape index (κ3) is 2.05. The second kappa shape index (κ2) is 4.04. The Kier molecular flexibility index (Phi) is 3.02. The quantitative estimate of drug-likeness (QED) is 0.673. The van der Waals surface area contributed by atoms with Gasteiger partial charge in [-0.1, -0.05) is 31.7 Å². The molecule has 1 heteroatoms. The van der Waals surface area contributed by atoms with Crippen molar-refractivity contribution in [2.45, 2.75) is 20.3 Å². The van der Waals surface area contributed by atoms with Gasteiger partial charge >= 0.3 is 0 Å². The monoisotopic (exact) mass is 174 g/mol. The van der Waals surface area contributed by atoms with Gasteiger partial charge in [0.15, 0.2) is 5.43 Å². The molecule has 13 heavy (non-hydrogen) atoms. The molecule has 68 valence electrons. The van der Waals surface area contributed by atoms with Gasteiger partial charge in [0.2, 0.25) is 0 Å². The minimum absolute atomic E-state index is 0.0783. The van der Waals surface area contributed by atoms with Crippen molar-refractivity contribution in [1.82, 2.24) is 0 Å². The van der Waals surface area contributed by atoms with E-state index < -0.39 is 0 Å². The Bertz CT molecular complexity index is 377. The molecule has 0 radical (unpaired) electrons. The van der Waals surface area contributed by atoms with E-state index in [1.54, 1.807) is 12.1 Å².